The monoisotopic (exact) mass is 419 g/mol. The van der Waals surface area contributed by atoms with Crippen LogP contribution in [0.3, 0.4) is 0 Å². The van der Waals surface area contributed by atoms with Gasteiger partial charge in [-0.05, 0) is 31.2 Å². The third-order valence-corrected chi connectivity index (χ3v) is 5.40. The molecule has 0 atom stereocenters. The standard InChI is InChI=1S/C24H25N3O4/c1-3-31-24(29)27-13-11-26(12-14-27)23(28)20-16-22(17-7-6-8-18(15-17)30-2)25-21-10-5-4-9-19(20)21/h4-10,15-16H,3,11-14H2,1-2H3. The third-order valence-electron chi connectivity index (χ3n) is 5.40. The van der Waals surface area contributed by atoms with Crippen molar-refractivity contribution in [2.24, 2.45) is 0 Å². The smallest absolute Gasteiger partial charge is 0.409 e. The number of ether oxygens (including phenoxy) is 2. The highest BCUT2D eigenvalue weighted by atomic mass is 16.6. The van der Waals surface area contributed by atoms with E-state index < -0.39 is 0 Å². The molecule has 0 N–H and O–H groups in total. The molecule has 2 aromatic carbocycles. The number of hydrogen-bond donors (Lipinski definition) is 0. The van der Waals surface area contributed by atoms with Crippen LogP contribution < -0.4 is 4.74 Å². The second kappa shape index (κ2) is 9.04. The number of para-hydroxylation sites is 1. The first kappa shape index (κ1) is 20.7. The molecule has 7 nitrogen and oxygen atoms in total. The first-order valence-corrected chi connectivity index (χ1v) is 10.4. The van der Waals surface area contributed by atoms with Crippen LogP contribution >= 0.6 is 0 Å². The van der Waals surface area contributed by atoms with E-state index >= 15 is 0 Å². The molecule has 7 heteroatoms. The van der Waals surface area contributed by atoms with Gasteiger partial charge in [0.25, 0.3) is 5.91 Å². The molecule has 0 unspecified atom stereocenters. The highest BCUT2D eigenvalue weighted by Gasteiger charge is 2.27. The number of fused-ring (bicyclic) bond motifs is 1. The van der Waals surface area contributed by atoms with E-state index in [9.17, 15) is 9.59 Å². The van der Waals surface area contributed by atoms with Gasteiger partial charge in [0.15, 0.2) is 0 Å². The van der Waals surface area contributed by atoms with E-state index in [0.717, 1.165) is 22.2 Å². The molecule has 0 aliphatic carbocycles. The van der Waals surface area contributed by atoms with Gasteiger partial charge in [0.1, 0.15) is 5.75 Å². The van der Waals surface area contributed by atoms with Gasteiger partial charge in [-0.3, -0.25) is 4.79 Å². The number of hydrogen-bond acceptors (Lipinski definition) is 5. The van der Waals surface area contributed by atoms with Gasteiger partial charge in [-0.2, -0.15) is 0 Å². The summed E-state index contributed by atoms with van der Waals surface area (Å²) in [7, 11) is 1.62. The summed E-state index contributed by atoms with van der Waals surface area (Å²) in [6.07, 6.45) is -0.329. The molecular formula is C24H25N3O4. The van der Waals surface area contributed by atoms with Gasteiger partial charge >= 0.3 is 6.09 Å². The predicted octanol–water partition coefficient (Wildman–Crippen LogP) is 3.82. The van der Waals surface area contributed by atoms with Crippen LogP contribution in [0.25, 0.3) is 22.2 Å². The van der Waals surface area contributed by atoms with Crippen molar-refractivity contribution in [1.82, 2.24) is 14.8 Å². The Morgan fingerprint density at radius 3 is 2.45 bits per heavy atom. The molecule has 160 valence electrons. The van der Waals surface area contributed by atoms with Crippen molar-refractivity contribution in [2.45, 2.75) is 6.92 Å². The summed E-state index contributed by atoms with van der Waals surface area (Å²) >= 11 is 0. The Bertz CT molecular complexity index is 1110. The van der Waals surface area contributed by atoms with Crippen LogP contribution in [0.2, 0.25) is 0 Å². The quantitative estimate of drug-likeness (QED) is 0.643. The lowest BCUT2D eigenvalue weighted by molar-refractivity contribution is 0.0572. The van der Waals surface area contributed by atoms with Crippen molar-refractivity contribution in [1.29, 1.82) is 0 Å². The third kappa shape index (κ3) is 4.30. The van der Waals surface area contributed by atoms with Crippen molar-refractivity contribution in [3.05, 3.63) is 60.2 Å². The van der Waals surface area contributed by atoms with Gasteiger partial charge in [-0.25, -0.2) is 9.78 Å². The Morgan fingerprint density at radius 1 is 0.968 bits per heavy atom. The van der Waals surface area contributed by atoms with Crippen molar-refractivity contribution in [2.75, 3.05) is 39.9 Å². The first-order valence-electron chi connectivity index (χ1n) is 10.4. The number of rotatable bonds is 4. The van der Waals surface area contributed by atoms with Crippen LogP contribution in [0.5, 0.6) is 5.75 Å². The van der Waals surface area contributed by atoms with E-state index in [-0.39, 0.29) is 12.0 Å². The van der Waals surface area contributed by atoms with Gasteiger partial charge in [0.2, 0.25) is 0 Å². The van der Waals surface area contributed by atoms with E-state index in [1.807, 2.05) is 54.6 Å². The zero-order valence-corrected chi connectivity index (χ0v) is 17.7. The molecule has 1 aliphatic rings. The zero-order chi connectivity index (χ0) is 21.8. The summed E-state index contributed by atoms with van der Waals surface area (Å²) in [5, 5.41) is 0.812. The number of amides is 2. The lowest BCUT2D eigenvalue weighted by Crippen LogP contribution is -2.50. The van der Waals surface area contributed by atoms with Gasteiger partial charge < -0.3 is 19.3 Å². The number of piperazine rings is 1. The maximum Gasteiger partial charge on any atom is 0.409 e. The predicted molar refractivity (Wildman–Crippen MR) is 118 cm³/mol. The topological polar surface area (TPSA) is 72.0 Å². The van der Waals surface area contributed by atoms with Crippen molar-refractivity contribution in [3.63, 3.8) is 0 Å². The summed E-state index contributed by atoms with van der Waals surface area (Å²) in [5.74, 6) is 0.668. The molecule has 0 radical (unpaired) electrons. The maximum absolute atomic E-state index is 13.5. The summed E-state index contributed by atoms with van der Waals surface area (Å²) < 4.78 is 10.4. The van der Waals surface area contributed by atoms with Crippen LogP contribution in [0.15, 0.2) is 54.6 Å². The molecule has 4 rings (SSSR count). The molecular weight excluding hydrogens is 394 g/mol. The molecule has 2 amide bonds. The van der Waals surface area contributed by atoms with Crippen LogP contribution in [0.4, 0.5) is 4.79 Å². The molecule has 2 heterocycles. The Morgan fingerprint density at radius 2 is 1.71 bits per heavy atom. The van der Waals surface area contributed by atoms with E-state index in [4.69, 9.17) is 14.5 Å². The van der Waals surface area contributed by atoms with Crippen molar-refractivity contribution in [3.8, 4) is 17.0 Å². The number of carbonyl (C=O) groups excluding carboxylic acids is 2. The summed E-state index contributed by atoms with van der Waals surface area (Å²) in [5.41, 5.74) is 2.96. The number of carbonyl (C=O) groups is 2. The molecule has 1 aliphatic heterocycles. The summed E-state index contributed by atoms with van der Waals surface area (Å²) in [6, 6.07) is 17.1. The van der Waals surface area contributed by atoms with E-state index in [0.29, 0.717) is 44.0 Å². The molecule has 0 bridgehead atoms. The molecule has 0 spiro atoms. The van der Waals surface area contributed by atoms with Crippen LogP contribution in [-0.2, 0) is 4.74 Å². The van der Waals surface area contributed by atoms with Crippen molar-refractivity contribution < 1.29 is 19.1 Å². The van der Waals surface area contributed by atoms with E-state index in [2.05, 4.69) is 0 Å². The minimum atomic E-state index is -0.329. The second-order valence-corrected chi connectivity index (χ2v) is 7.28. The maximum atomic E-state index is 13.5. The zero-order valence-electron chi connectivity index (χ0n) is 17.7. The Balaban J connectivity index is 1.65. The lowest BCUT2D eigenvalue weighted by atomic mass is 10.0. The first-order chi connectivity index (χ1) is 15.1. The minimum Gasteiger partial charge on any atom is -0.497 e. The second-order valence-electron chi connectivity index (χ2n) is 7.28. The molecule has 31 heavy (non-hydrogen) atoms. The van der Waals surface area contributed by atoms with Gasteiger partial charge in [0, 0.05) is 37.1 Å². The minimum absolute atomic E-state index is 0.0637. The summed E-state index contributed by atoms with van der Waals surface area (Å²) in [4.78, 5) is 33.6. The van der Waals surface area contributed by atoms with Gasteiger partial charge in [-0.1, -0.05) is 30.3 Å². The molecule has 3 aromatic rings. The average Bonchev–Trinajstić information content (AvgIpc) is 2.83. The van der Waals surface area contributed by atoms with E-state index in [1.165, 1.54) is 0 Å². The number of methoxy groups -OCH3 is 1. The Hall–Kier alpha value is -3.61. The molecule has 0 saturated carbocycles. The fourth-order valence-electron chi connectivity index (χ4n) is 3.76. The van der Waals surface area contributed by atoms with E-state index in [1.54, 1.807) is 23.8 Å². The Labute approximate surface area is 181 Å². The fraction of sp³-hybridized carbons (Fsp3) is 0.292. The lowest BCUT2D eigenvalue weighted by Gasteiger charge is -2.34. The van der Waals surface area contributed by atoms with Gasteiger partial charge in [0.05, 0.1) is 30.5 Å². The SMILES string of the molecule is CCOC(=O)N1CCN(C(=O)c2cc(-c3cccc(OC)c3)nc3ccccc23)CC1. The van der Waals surface area contributed by atoms with Crippen LogP contribution in [0.1, 0.15) is 17.3 Å². The summed E-state index contributed by atoms with van der Waals surface area (Å²) in [6.45, 7) is 3.96. The van der Waals surface area contributed by atoms with Crippen LogP contribution in [0, 0.1) is 0 Å². The number of benzene rings is 2. The Kier molecular flexibility index (Phi) is 6.02. The fourth-order valence-corrected chi connectivity index (χ4v) is 3.76. The highest BCUT2D eigenvalue weighted by Crippen LogP contribution is 2.28. The number of pyridine rings is 1. The largest absolute Gasteiger partial charge is 0.497 e. The normalized spacial score (nSPS) is 13.9. The van der Waals surface area contributed by atoms with Gasteiger partial charge in [-0.15, -0.1) is 0 Å². The average molecular weight is 419 g/mol. The molecule has 1 saturated heterocycles. The number of aromatic nitrogens is 1. The molecule has 1 aromatic heterocycles. The van der Waals surface area contributed by atoms with Crippen molar-refractivity contribution >= 4 is 22.9 Å². The number of nitrogens with zero attached hydrogens (tertiary/aromatic N) is 3. The highest BCUT2D eigenvalue weighted by molar-refractivity contribution is 6.07. The molecule has 1 fully saturated rings. The van der Waals surface area contributed by atoms with Crippen LogP contribution in [-0.4, -0.2) is 66.7 Å².